The van der Waals surface area contributed by atoms with Crippen LogP contribution in [0.15, 0.2) is 60.7 Å². The van der Waals surface area contributed by atoms with Gasteiger partial charge in [-0.2, -0.15) is 5.10 Å². The Kier molecular flexibility index (Phi) is 8.57. The molecule has 0 saturated carbocycles. The smallest absolute Gasteiger partial charge is 0.481 e. The molecule has 34 heavy (non-hydrogen) atoms. The first kappa shape index (κ1) is 25.1. The van der Waals surface area contributed by atoms with Crippen molar-refractivity contribution in [2.75, 3.05) is 12.8 Å². The van der Waals surface area contributed by atoms with Crippen LogP contribution in [-0.2, 0) is 18.7 Å². The topological polar surface area (TPSA) is 98.5 Å². The first-order chi connectivity index (χ1) is 16.3. The van der Waals surface area contributed by atoms with Crippen molar-refractivity contribution in [1.29, 1.82) is 0 Å². The van der Waals surface area contributed by atoms with Crippen molar-refractivity contribution in [3.8, 4) is 16.9 Å². The third kappa shape index (κ3) is 6.53. The van der Waals surface area contributed by atoms with Gasteiger partial charge in [0, 0.05) is 11.1 Å². The minimum Gasteiger partial charge on any atom is -0.481 e. The number of carbonyl (C=O) groups excluding carboxylic acids is 1. The highest BCUT2D eigenvalue weighted by Gasteiger charge is 2.24. The Balaban J connectivity index is 1.92. The quantitative estimate of drug-likeness (QED) is 0.281. The molecule has 0 radical (unpaired) electrons. The van der Waals surface area contributed by atoms with Gasteiger partial charge in [0.05, 0.1) is 17.1 Å². The van der Waals surface area contributed by atoms with Gasteiger partial charge in [-0.25, -0.2) is 9.07 Å². The molecule has 0 spiro atoms. The van der Waals surface area contributed by atoms with Gasteiger partial charge in [-0.3, -0.25) is 9.59 Å². The van der Waals surface area contributed by atoms with Crippen LogP contribution in [0.4, 0.5) is 4.39 Å². The second-order valence-electron chi connectivity index (χ2n) is 7.85. The summed E-state index contributed by atoms with van der Waals surface area (Å²) >= 11 is 0. The van der Waals surface area contributed by atoms with E-state index in [1.807, 2.05) is 54.9 Å². The van der Waals surface area contributed by atoms with Gasteiger partial charge in [0.15, 0.2) is 5.78 Å². The summed E-state index contributed by atoms with van der Waals surface area (Å²) in [6.45, 7) is 4.00. The Bertz CT molecular complexity index is 1200. The van der Waals surface area contributed by atoms with Gasteiger partial charge in [-0.05, 0) is 46.9 Å². The van der Waals surface area contributed by atoms with Crippen LogP contribution in [0, 0.1) is 5.82 Å². The Hall–Kier alpha value is -3.48. The number of benzene rings is 2. The van der Waals surface area contributed by atoms with Crippen LogP contribution in [0.1, 0.15) is 37.4 Å². The number of aliphatic carboxylic acids is 1. The molecular formula is C25H25FN2O5P+. The number of Topliss-reactive ketones (excluding diaryl/α,β-unsaturated/α-hetero) is 1. The van der Waals surface area contributed by atoms with Gasteiger partial charge in [0.1, 0.15) is 18.8 Å². The fourth-order valence-corrected chi connectivity index (χ4v) is 4.13. The number of carboxylic acids is 1. The second kappa shape index (κ2) is 11.6. The van der Waals surface area contributed by atoms with Crippen LogP contribution in [0.3, 0.4) is 0 Å². The van der Waals surface area contributed by atoms with Crippen LogP contribution in [0.2, 0.25) is 0 Å². The van der Waals surface area contributed by atoms with Crippen LogP contribution in [0.5, 0.6) is 0 Å². The molecule has 1 N–H and O–H groups in total. The van der Waals surface area contributed by atoms with Crippen molar-refractivity contribution in [1.82, 2.24) is 9.78 Å². The number of hydrogen-bond donors (Lipinski definition) is 1. The normalized spacial score (nSPS) is 11.8. The number of carbonyl (C=O) groups is 2. The molecule has 9 heteroatoms. The maximum Gasteiger partial charge on any atom is 0.516 e. The third-order valence-corrected chi connectivity index (χ3v) is 5.92. The zero-order valence-electron chi connectivity index (χ0n) is 18.8. The minimum atomic E-state index is -2.31. The van der Waals surface area contributed by atoms with Crippen molar-refractivity contribution < 1.29 is 28.2 Å². The molecule has 1 atom stereocenters. The monoisotopic (exact) mass is 483 g/mol. The van der Waals surface area contributed by atoms with Crippen molar-refractivity contribution in [2.45, 2.75) is 26.2 Å². The summed E-state index contributed by atoms with van der Waals surface area (Å²) in [5, 5.41) is 13.5. The lowest BCUT2D eigenvalue weighted by atomic mass is 9.99. The van der Waals surface area contributed by atoms with E-state index < -0.39 is 32.4 Å². The van der Waals surface area contributed by atoms with Gasteiger partial charge < -0.3 is 5.11 Å². The molecule has 7 nitrogen and oxygen atoms in total. The summed E-state index contributed by atoms with van der Waals surface area (Å²) in [5.41, 5.74) is 4.02. The Morgan fingerprint density at radius 2 is 1.82 bits per heavy atom. The molecule has 1 unspecified atom stereocenters. The van der Waals surface area contributed by atoms with E-state index in [1.54, 1.807) is 18.2 Å². The summed E-state index contributed by atoms with van der Waals surface area (Å²) in [5.74, 6) is -2.18. The van der Waals surface area contributed by atoms with Crippen molar-refractivity contribution in [3.05, 3.63) is 77.7 Å². The van der Waals surface area contributed by atoms with Crippen LogP contribution >= 0.6 is 8.03 Å². The molecule has 0 aliphatic heterocycles. The lowest BCUT2D eigenvalue weighted by molar-refractivity contribution is -0.139. The molecule has 0 aliphatic rings. The van der Waals surface area contributed by atoms with E-state index in [1.165, 1.54) is 12.1 Å². The van der Waals surface area contributed by atoms with Crippen LogP contribution in [-0.4, -0.2) is 39.4 Å². The highest BCUT2D eigenvalue weighted by atomic mass is 31.1. The molecule has 0 amide bonds. The van der Waals surface area contributed by atoms with Crippen molar-refractivity contribution in [2.24, 2.45) is 0 Å². The maximum atomic E-state index is 13.6. The molecule has 2 aromatic carbocycles. The summed E-state index contributed by atoms with van der Waals surface area (Å²) in [6.07, 6.45) is 2.35. The maximum absolute atomic E-state index is 13.6. The predicted octanol–water partition coefficient (Wildman–Crippen LogP) is 5.62. The summed E-state index contributed by atoms with van der Waals surface area (Å²) in [6, 6.07) is 15.7. The van der Waals surface area contributed by atoms with E-state index in [0.717, 1.165) is 28.2 Å². The zero-order chi connectivity index (χ0) is 24.7. The summed E-state index contributed by atoms with van der Waals surface area (Å²) < 4.78 is 32.6. The van der Waals surface area contributed by atoms with Crippen molar-refractivity contribution >= 4 is 25.9 Å². The van der Waals surface area contributed by atoms with Gasteiger partial charge in [-0.15, -0.1) is 4.52 Å². The van der Waals surface area contributed by atoms with Crippen LogP contribution < -0.4 is 0 Å². The fraction of sp³-hybridized carbons (Fsp3) is 0.240. The van der Waals surface area contributed by atoms with Gasteiger partial charge >= 0.3 is 14.0 Å². The Morgan fingerprint density at radius 3 is 2.44 bits per heavy atom. The van der Waals surface area contributed by atoms with E-state index in [4.69, 9.17) is 14.7 Å². The zero-order valence-corrected chi connectivity index (χ0v) is 19.7. The molecule has 176 valence electrons. The molecule has 1 aromatic heterocycles. The van der Waals surface area contributed by atoms with E-state index in [0.29, 0.717) is 0 Å². The number of hydrogen-bond acceptors (Lipinski definition) is 5. The first-order valence-corrected chi connectivity index (χ1v) is 12.0. The highest BCUT2D eigenvalue weighted by Crippen LogP contribution is 2.34. The van der Waals surface area contributed by atoms with Gasteiger partial charge in [0.25, 0.3) is 0 Å². The Morgan fingerprint density at radius 1 is 1.15 bits per heavy atom. The van der Waals surface area contributed by atoms with E-state index in [2.05, 4.69) is 0 Å². The van der Waals surface area contributed by atoms with E-state index in [-0.39, 0.29) is 18.3 Å². The highest BCUT2D eigenvalue weighted by molar-refractivity contribution is 7.40. The summed E-state index contributed by atoms with van der Waals surface area (Å²) in [7, 11) is -2.31. The molecule has 0 bridgehead atoms. The lowest BCUT2D eigenvalue weighted by Gasteiger charge is -2.09. The first-order valence-electron chi connectivity index (χ1n) is 10.7. The Labute approximate surface area is 197 Å². The van der Waals surface area contributed by atoms with Crippen molar-refractivity contribution in [3.63, 3.8) is 0 Å². The minimum absolute atomic E-state index is 0.0353. The molecule has 3 aromatic rings. The molecular weight excluding hydrogens is 458 g/mol. The third-order valence-electron chi connectivity index (χ3n) is 4.87. The molecule has 1 heterocycles. The molecule has 0 fully saturated rings. The molecule has 0 saturated heterocycles. The second-order valence-corrected chi connectivity index (χ2v) is 9.09. The summed E-state index contributed by atoms with van der Waals surface area (Å²) in [4.78, 5) is 22.1. The largest absolute Gasteiger partial charge is 0.516 e. The van der Waals surface area contributed by atoms with Gasteiger partial charge in [0.2, 0.25) is 6.16 Å². The number of nitrogens with zero attached hydrogens (tertiary/aromatic N) is 2. The number of aromatic nitrogens is 2. The molecule has 3 rings (SSSR count). The number of para-hydroxylation sites is 1. The lowest BCUT2D eigenvalue weighted by Crippen LogP contribution is -2.09. The number of halogens is 1. The average Bonchev–Trinajstić information content (AvgIpc) is 3.17. The standard InChI is InChI=1S/C25H24FN2O5P/c1-17(2)24-22(9-6-14-33-34(32)16-21(29)15-23(30)31)25(18-10-12-19(26)13-11-18)28(27-24)20-7-4-3-5-8-20/h3-13,17H,14-16H2,1-2H3/p+1. The SMILES string of the molecule is CC(C)c1nn(-c2ccccc2)c(-c2ccc(F)cc2)c1C=CCO[P+](=O)CC(=O)CC(=O)O. The van der Waals surface area contributed by atoms with Gasteiger partial charge in [-0.1, -0.05) is 44.2 Å². The number of carboxylic acid groups (broad SMARTS) is 1. The van der Waals surface area contributed by atoms with Crippen LogP contribution in [0.25, 0.3) is 23.0 Å². The number of ketones is 1. The van der Waals surface area contributed by atoms with E-state index in [9.17, 15) is 18.5 Å². The fourth-order valence-electron chi connectivity index (χ4n) is 3.39. The van der Waals surface area contributed by atoms with E-state index >= 15 is 0 Å². The predicted molar refractivity (Wildman–Crippen MR) is 128 cm³/mol. The molecule has 0 aliphatic carbocycles. The average molecular weight is 483 g/mol. The number of rotatable bonds is 11.